The fourth-order valence-corrected chi connectivity index (χ4v) is 2.58. The summed E-state index contributed by atoms with van der Waals surface area (Å²) in [6.45, 7) is 0. The number of ether oxygens (including phenoxy) is 1. The van der Waals surface area contributed by atoms with Gasteiger partial charge in [0.15, 0.2) is 0 Å². The number of halogens is 4. The summed E-state index contributed by atoms with van der Waals surface area (Å²) in [4.78, 5) is 11.1. The van der Waals surface area contributed by atoms with Crippen molar-refractivity contribution in [1.29, 1.82) is 0 Å². The summed E-state index contributed by atoms with van der Waals surface area (Å²) >= 11 is 3.02. The Bertz CT molecular complexity index is 435. The van der Waals surface area contributed by atoms with Gasteiger partial charge in [-0.3, -0.25) is 4.79 Å². The van der Waals surface area contributed by atoms with Crippen LogP contribution in [0.25, 0.3) is 0 Å². The van der Waals surface area contributed by atoms with Gasteiger partial charge in [-0.2, -0.15) is 13.2 Å². The third kappa shape index (κ3) is 5.30. The molecule has 0 spiro atoms. The fraction of sp³-hybridized carbons (Fsp3) is 0.364. The maximum absolute atomic E-state index is 12.2. The first-order chi connectivity index (χ1) is 8.31. The molecule has 0 N–H and O–H groups in total. The van der Waals surface area contributed by atoms with Crippen molar-refractivity contribution in [3.63, 3.8) is 0 Å². The van der Waals surface area contributed by atoms with Crippen molar-refractivity contribution in [1.82, 2.24) is 0 Å². The Morgan fingerprint density at radius 2 is 2.11 bits per heavy atom. The minimum absolute atomic E-state index is 0.108. The molecule has 0 saturated heterocycles. The van der Waals surface area contributed by atoms with Crippen LogP contribution in [0.3, 0.4) is 0 Å². The van der Waals surface area contributed by atoms with E-state index in [-0.39, 0.29) is 29.0 Å². The topological polar surface area (TPSA) is 26.3 Å². The predicted octanol–water partition coefficient (Wildman–Crippen LogP) is 4.17. The van der Waals surface area contributed by atoms with E-state index in [0.29, 0.717) is 10.9 Å². The van der Waals surface area contributed by atoms with Crippen molar-refractivity contribution in [3.05, 3.63) is 28.2 Å². The molecule has 18 heavy (non-hydrogen) atoms. The van der Waals surface area contributed by atoms with Crippen LogP contribution in [0.2, 0.25) is 0 Å². The Morgan fingerprint density at radius 3 is 2.61 bits per heavy atom. The molecule has 0 saturated carbocycles. The Morgan fingerprint density at radius 1 is 1.44 bits per heavy atom. The van der Waals surface area contributed by atoms with Crippen LogP contribution in [0.4, 0.5) is 13.2 Å². The number of methoxy groups -OCH3 is 1. The third-order valence-electron chi connectivity index (χ3n) is 2.08. The summed E-state index contributed by atoms with van der Waals surface area (Å²) in [5.41, 5.74) is -3.53. The highest BCUT2D eigenvalue weighted by atomic mass is 79.9. The van der Waals surface area contributed by atoms with Crippen molar-refractivity contribution < 1.29 is 22.7 Å². The molecule has 2 nitrogen and oxygen atoms in total. The summed E-state index contributed by atoms with van der Waals surface area (Å²) < 4.78 is 41.5. The van der Waals surface area contributed by atoms with Crippen LogP contribution in [0, 0.1) is 0 Å². The molecule has 0 fully saturated rings. The molecule has 0 radical (unpaired) electrons. The smallest absolute Gasteiger partial charge is 0.446 e. The number of esters is 1. The first-order valence-corrected chi connectivity index (χ1v) is 6.54. The van der Waals surface area contributed by atoms with E-state index in [1.165, 1.54) is 19.2 Å². The number of alkyl halides is 3. The SMILES string of the molecule is COC(=O)CCc1ccc(SC(F)(F)F)cc1Br. The lowest BCUT2D eigenvalue weighted by atomic mass is 10.1. The lowest BCUT2D eigenvalue weighted by Crippen LogP contribution is -2.02. The second kappa shape index (κ2) is 6.47. The van der Waals surface area contributed by atoms with E-state index in [4.69, 9.17) is 0 Å². The molecule has 0 atom stereocenters. The minimum Gasteiger partial charge on any atom is -0.469 e. The summed E-state index contributed by atoms with van der Waals surface area (Å²) in [5.74, 6) is -0.351. The van der Waals surface area contributed by atoms with Gasteiger partial charge in [0.2, 0.25) is 0 Å². The average Bonchev–Trinajstić information content (AvgIpc) is 2.25. The Balaban J connectivity index is 2.71. The van der Waals surface area contributed by atoms with Gasteiger partial charge in [-0.15, -0.1) is 0 Å². The molecule has 0 aliphatic rings. The lowest BCUT2D eigenvalue weighted by molar-refractivity contribution is -0.140. The Labute approximate surface area is 115 Å². The maximum Gasteiger partial charge on any atom is 0.446 e. The Kier molecular flexibility index (Phi) is 5.52. The monoisotopic (exact) mass is 342 g/mol. The molecule has 0 aliphatic heterocycles. The number of benzene rings is 1. The van der Waals surface area contributed by atoms with Crippen molar-refractivity contribution >= 4 is 33.7 Å². The van der Waals surface area contributed by atoms with Crippen LogP contribution in [-0.4, -0.2) is 18.6 Å². The average molecular weight is 343 g/mol. The molecule has 0 unspecified atom stereocenters. The van der Waals surface area contributed by atoms with E-state index < -0.39 is 5.51 Å². The van der Waals surface area contributed by atoms with E-state index in [1.807, 2.05) is 0 Å². The fourth-order valence-electron chi connectivity index (χ4n) is 1.27. The van der Waals surface area contributed by atoms with Crippen molar-refractivity contribution in [2.24, 2.45) is 0 Å². The highest BCUT2D eigenvalue weighted by Gasteiger charge is 2.29. The maximum atomic E-state index is 12.2. The van der Waals surface area contributed by atoms with Crippen LogP contribution >= 0.6 is 27.7 Å². The van der Waals surface area contributed by atoms with Crippen LogP contribution in [0.1, 0.15) is 12.0 Å². The molecule has 7 heteroatoms. The molecule has 100 valence electrons. The van der Waals surface area contributed by atoms with E-state index in [1.54, 1.807) is 6.07 Å². The molecular weight excluding hydrogens is 333 g/mol. The largest absolute Gasteiger partial charge is 0.469 e. The summed E-state index contributed by atoms with van der Waals surface area (Å²) in [7, 11) is 1.29. The van der Waals surface area contributed by atoms with Gasteiger partial charge in [0.1, 0.15) is 0 Å². The molecule has 0 heterocycles. The zero-order valence-electron chi connectivity index (χ0n) is 9.38. The standard InChI is InChI=1S/C11H10BrF3O2S/c1-17-10(16)5-3-7-2-4-8(6-9(7)12)18-11(13,14)15/h2,4,6H,3,5H2,1H3. The number of carbonyl (C=O) groups excluding carboxylic acids is 1. The highest BCUT2D eigenvalue weighted by Crippen LogP contribution is 2.38. The first kappa shape index (κ1) is 15.4. The summed E-state index contributed by atoms with van der Waals surface area (Å²) in [5, 5.41) is 0. The molecule has 0 amide bonds. The number of carbonyl (C=O) groups is 1. The molecule has 1 aromatic carbocycles. The number of rotatable bonds is 4. The number of hydrogen-bond donors (Lipinski definition) is 0. The quantitative estimate of drug-likeness (QED) is 0.606. The van der Waals surface area contributed by atoms with Gasteiger partial charge in [0.05, 0.1) is 7.11 Å². The van der Waals surface area contributed by atoms with Crippen LogP contribution in [-0.2, 0) is 16.0 Å². The zero-order chi connectivity index (χ0) is 13.8. The summed E-state index contributed by atoms with van der Waals surface area (Å²) in [6, 6.07) is 4.35. The van der Waals surface area contributed by atoms with Gasteiger partial charge in [0.25, 0.3) is 0 Å². The second-order valence-electron chi connectivity index (χ2n) is 3.38. The van der Waals surface area contributed by atoms with Crippen LogP contribution in [0.5, 0.6) is 0 Å². The number of aryl methyl sites for hydroxylation is 1. The van der Waals surface area contributed by atoms with Gasteiger partial charge in [-0.05, 0) is 35.9 Å². The highest BCUT2D eigenvalue weighted by molar-refractivity contribution is 9.10. The van der Waals surface area contributed by atoms with E-state index in [2.05, 4.69) is 20.7 Å². The molecule has 0 aromatic heterocycles. The lowest BCUT2D eigenvalue weighted by Gasteiger charge is -2.08. The van der Waals surface area contributed by atoms with Gasteiger partial charge in [-0.25, -0.2) is 0 Å². The zero-order valence-corrected chi connectivity index (χ0v) is 11.8. The predicted molar refractivity (Wildman–Crippen MR) is 66.4 cm³/mol. The first-order valence-electron chi connectivity index (χ1n) is 4.93. The van der Waals surface area contributed by atoms with Crippen molar-refractivity contribution in [2.75, 3.05) is 7.11 Å². The van der Waals surface area contributed by atoms with E-state index in [0.717, 1.165) is 5.56 Å². The van der Waals surface area contributed by atoms with E-state index >= 15 is 0 Å². The number of thioether (sulfide) groups is 1. The number of hydrogen-bond acceptors (Lipinski definition) is 3. The Hall–Kier alpha value is -0.690. The molecule has 0 bridgehead atoms. The van der Waals surface area contributed by atoms with Gasteiger partial charge >= 0.3 is 11.5 Å². The summed E-state index contributed by atoms with van der Waals surface area (Å²) in [6.07, 6.45) is 0.616. The third-order valence-corrected chi connectivity index (χ3v) is 3.54. The van der Waals surface area contributed by atoms with Gasteiger partial charge in [0, 0.05) is 15.8 Å². The van der Waals surface area contributed by atoms with Crippen molar-refractivity contribution in [3.8, 4) is 0 Å². The van der Waals surface area contributed by atoms with Crippen LogP contribution in [0.15, 0.2) is 27.6 Å². The minimum atomic E-state index is -4.30. The molecular formula is C11H10BrF3O2S. The second-order valence-corrected chi connectivity index (χ2v) is 5.37. The normalized spacial score (nSPS) is 11.4. The van der Waals surface area contributed by atoms with Gasteiger partial charge < -0.3 is 4.74 Å². The molecule has 1 aromatic rings. The van der Waals surface area contributed by atoms with Crippen LogP contribution < -0.4 is 0 Å². The van der Waals surface area contributed by atoms with Gasteiger partial charge in [-0.1, -0.05) is 22.0 Å². The molecule has 0 aliphatic carbocycles. The van der Waals surface area contributed by atoms with Crippen molar-refractivity contribution in [2.45, 2.75) is 23.2 Å². The van der Waals surface area contributed by atoms with E-state index in [9.17, 15) is 18.0 Å². The molecule has 1 rings (SSSR count).